The molecule has 0 aliphatic carbocycles. The molecule has 5 nitrogen and oxygen atoms in total. The first-order chi connectivity index (χ1) is 12.4. The molecule has 5 heteroatoms. The largest absolute Gasteiger partial charge is 0.496 e. The summed E-state index contributed by atoms with van der Waals surface area (Å²) in [5.41, 5.74) is 1.32. The summed E-state index contributed by atoms with van der Waals surface area (Å²) in [6, 6.07) is 11.4. The highest BCUT2D eigenvalue weighted by Gasteiger charge is 2.54. The molecular formula is C20H24N4O. The molecule has 130 valence electrons. The number of piperidine rings is 3. The van der Waals surface area contributed by atoms with Crippen molar-refractivity contribution >= 4 is 5.95 Å². The van der Waals surface area contributed by atoms with Crippen molar-refractivity contribution in [2.45, 2.75) is 30.8 Å². The van der Waals surface area contributed by atoms with E-state index in [1.165, 1.54) is 31.5 Å². The van der Waals surface area contributed by atoms with Crippen LogP contribution in [-0.4, -0.2) is 53.7 Å². The number of rotatable bonds is 3. The van der Waals surface area contributed by atoms with Crippen LogP contribution in [0.25, 0.3) is 0 Å². The molecule has 3 atom stereocenters. The zero-order valence-electron chi connectivity index (χ0n) is 14.6. The van der Waals surface area contributed by atoms with E-state index in [-0.39, 0.29) is 0 Å². The van der Waals surface area contributed by atoms with Crippen molar-refractivity contribution in [3.05, 3.63) is 48.3 Å². The van der Waals surface area contributed by atoms with Crippen LogP contribution in [0.2, 0.25) is 0 Å². The smallest absolute Gasteiger partial charge is 0.225 e. The molecule has 2 aromatic rings. The van der Waals surface area contributed by atoms with Crippen LogP contribution in [0.3, 0.4) is 0 Å². The molecular weight excluding hydrogens is 312 g/mol. The fourth-order valence-electron chi connectivity index (χ4n) is 5.34. The second kappa shape index (κ2) is 5.99. The highest BCUT2D eigenvalue weighted by Crippen LogP contribution is 2.48. The van der Waals surface area contributed by atoms with Gasteiger partial charge in [-0.05, 0) is 44.0 Å². The van der Waals surface area contributed by atoms with Gasteiger partial charge in [-0.2, -0.15) is 0 Å². The molecule has 0 amide bonds. The van der Waals surface area contributed by atoms with Gasteiger partial charge >= 0.3 is 0 Å². The van der Waals surface area contributed by atoms with E-state index in [1.54, 1.807) is 7.11 Å². The lowest BCUT2D eigenvalue weighted by molar-refractivity contribution is 0.0350. The average molecular weight is 336 g/mol. The maximum Gasteiger partial charge on any atom is 0.225 e. The number of hydrogen-bond acceptors (Lipinski definition) is 5. The summed E-state index contributed by atoms with van der Waals surface area (Å²) in [6.45, 7) is 3.41. The molecule has 0 radical (unpaired) electrons. The van der Waals surface area contributed by atoms with Crippen LogP contribution in [0.15, 0.2) is 42.7 Å². The van der Waals surface area contributed by atoms with E-state index in [2.05, 4.69) is 44.0 Å². The molecule has 25 heavy (non-hydrogen) atoms. The third kappa shape index (κ3) is 2.33. The minimum Gasteiger partial charge on any atom is -0.496 e. The molecule has 4 aliphatic rings. The summed E-state index contributed by atoms with van der Waals surface area (Å²) in [5, 5.41) is 0. The molecule has 0 unspecified atom stereocenters. The average Bonchev–Trinajstić information content (AvgIpc) is 3.12. The van der Waals surface area contributed by atoms with Crippen molar-refractivity contribution in [3.8, 4) is 5.75 Å². The Morgan fingerprint density at radius 3 is 2.52 bits per heavy atom. The summed E-state index contributed by atoms with van der Waals surface area (Å²) in [6.07, 6.45) is 6.30. The molecule has 0 spiro atoms. The zero-order chi connectivity index (χ0) is 16.8. The Kier molecular flexibility index (Phi) is 3.63. The standard InChI is InChI=1S/C20H24N4O/c1-25-17-6-3-2-5-15(17)16-13-24(20-21-9-4-10-22-20)18-14-7-11-23(12-8-14)19(16)18/h2-6,9-10,14,16,18-19H,7-8,11-13H2,1H3/t16-,18-,19-/m1/s1. The number of hydrogen-bond donors (Lipinski definition) is 0. The van der Waals surface area contributed by atoms with Crippen molar-refractivity contribution in [3.63, 3.8) is 0 Å². The van der Waals surface area contributed by atoms with Crippen LogP contribution in [0.1, 0.15) is 24.3 Å². The Morgan fingerprint density at radius 2 is 1.76 bits per heavy atom. The van der Waals surface area contributed by atoms with Gasteiger partial charge in [-0.25, -0.2) is 9.97 Å². The lowest BCUT2D eigenvalue weighted by Crippen LogP contribution is -2.60. The van der Waals surface area contributed by atoms with Gasteiger partial charge in [-0.15, -0.1) is 0 Å². The van der Waals surface area contributed by atoms with Gasteiger partial charge in [0.05, 0.1) is 13.2 Å². The fourth-order valence-corrected chi connectivity index (χ4v) is 5.34. The van der Waals surface area contributed by atoms with Gasteiger partial charge in [0.2, 0.25) is 5.95 Å². The third-order valence-electron chi connectivity index (χ3n) is 6.34. The van der Waals surface area contributed by atoms with E-state index >= 15 is 0 Å². The fraction of sp³-hybridized carbons (Fsp3) is 0.500. The minimum atomic E-state index is 0.438. The van der Waals surface area contributed by atoms with Crippen molar-refractivity contribution < 1.29 is 4.74 Å². The number of para-hydroxylation sites is 1. The summed E-state index contributed by atoms with van der Waals surface area (Å²) in [4.78, 5) is 14.3. The third-order valence-corrected chi connectivity index (χ3v) is 6.34. The van der Waals surface area contributed by atoms with Gasteiger partial charge in [0, 0.05) is 36.5 Å². The van der Waals surface area contributed by atoms with Crippen molar-refractivity contribution in [2.24, 2.45) is 5.92 Å². The maximum absolute atomic E-state index is 5.69. The monoisotopic (exact) mass is 336 g/mol. The van der Waals surface area contributed by atoms with Gasteiger partial charge in [0.25, 0.3) is 0 Å². The predicted octanol–water partition coefficient (Wildman–Crippen LogP) is 2.55. The van der Waals surface area contributed by atoms with E-state index in [4.69, 9.17) is 4.74 Å². The van der Waals surface area contributed by atoms with Crippen LogP contribution in [0.5, 0.6) is 5.75 Å². The normalized spacial score (nSPS) is 33.3. The van der Waals surface area contributed by atoms with Crippen LogP contribution >= 0.6 is 0 Å². The first-order valence-electron chi connectivity index (χ1n) is 9.27. The Labute approximate surface area is 148 Å². The minimum absolute atomic E-state index is 0.438. The molecule has 1 aromatic heterocycles. The van der Waals surface area contributed by atoms with E-state index in [0.29, 0.717) is 18.0 Å². The van der Waals surface area contributed by atoms with E-state index in [1.807, 2.05) is 18.5 Å². The lowest BCUT2D eigenvalue weighted by Gasteiger charge is -2.51. The molecule has 6 rings (SSSR count). The molecule has 5 heterocycles. The summed E-state index contributed by atoms with van der Waals surface area (Å²) < 4.78 is 5.69. The van der Waals surface area contributed by atoms with Gasteiger partial charge in [0.15, 0.2) is 0 Å². The van der Waals surface area contributed by atoms with Crippen molar-refractivity contribution in [1.29, 1.82) is 0 Å². The summed E-state index contributed by atoms with van der Waals surface area (Å²) in [7, 11) is 1.77. The van der Waals surface area contributed by atoms with Crippen molar-refractivity contribution in [1.82, 2.24) is 14.9 Å². The van der Waals surface area contributed by atoms with E-state index in [0.717, 1.165) is 24.2 Å². The molecule has 4 fully saturated rings. The van der Waals surface area contributed by atoms with Gasteiger partial charge in [0.1, 0.15) is 5.75 Å². The second-order valence-corrected chi connectivity index (χ2v) is 7.40. The zero-order valence-corrected chi connectivity index (χ0v) is 14.6. The molecule has 4 aliphatic heterocycles. The Balaban J connectivity index is 1.58. The highest BCUT2D eigenvalue weighted by molar-refractivity contribution is 5.46. The first-order valence-corrected chi connectivity index (χ1v) is 9.27. The van der Waals surface area contributed by atoms with Crippen LogP contribution < -0.4 is 9.64 Å². The second-order valence-electron chi connectivity index (χ2n) is 7.40. The number of ether oxygens (including phenoxy) is 1. The lowest BCUT2D eigenvalue weighted by atomic mass is 9.75. The number of aromatic nitrogens is 2. The number of fused-ring (bicyclic) bond motifs is 2. The van der Waals surface area contributed by atoms with Crippen LogP contribution in [0, 0.1) is 5.92 Å². The van der Waals surface area contributed by atoms with Gasteiger partial charge < -0.3 is 9.64 Å². The number of nitrogens with zero attached hydrogens (tertiary/aromatic N) is 4. The summed E-state index contributed by atoms with van der Waals surface area (Å²) >= 11 is 0. The Bertz CT molecular complexity index is 744. The van der Waals surface area contributed by atoms with Gasteiger partial charge in [-0.1, -0.05) is 18.2 Å². The molecule has 2 bridgehead atoms. The summed E-state index contributed by atoms with van der Waals surface area (Å²) in [5.74, 6) is 3.07. The topological polar surface area (TPSA) is 41.5 Å². The highest BCUT2D eigenvalue weighted by atomic mass is 16.5. The molecule has 0 N–H and O–H groups in total. The predicted molar refractivity (Wildman–Crippen MR) is 97.0 cm³/mol. The van der Waals surface area contributed by atoms with E-state index < -0.39 is 0 Å². The molecule has 0 saturated carbocycles. The van der Waals surface area contributed by atoms with E-state index in [9.17, 15) is 0 Å². The maximum atomic E-state index is 5.69. The van der Waals surface area contributed by atoms with Crippen molar-refractivity contribution in [2.75, 3.05) is 31.6 Å². The SMILES string of the molecule is COc1ccccc1[C@H]1CN(c2ncccn2)[C@@H]2C3CCN(CC3)[C@H]12. The Morgan fingerprint density at radius 1 is 1.00 bits per heavy atom. The molecule has 1 aromatic carbocycles. The first kappa shape index (κ1) is 15.1. The van der Waals surface area contributed by atoms with Crippen LogP contribution in [0.4, 0.5) is 5.95 Å². The Hall–Kier alpha value is -2.14. The molecule has 4 saturated heterocycles. The quantitative estimate of drug-likeness (QED) is 0.862. The number of anilines is 1. The number of benzene rings is 1. The van der Waals surface area contributed by atoms with Crippen LogP contribution in [-0.2, 0) is 0 Å². The number of methoxy groups -OCH3 is 1. The van der Waals surface area contributed by atoms with Gasteiger partial charge in [-0.3, -0.25) is 4.90 Å².